The monoisotopic (exact) mass is 292 g/mol. The van der Waals surface area contributed by atoms with Crippen LogP contribution in [0.2, 0.25) is 0 Å². The minimum absolute atomic E-state index is 0.0327. The standard InChI is InChI=1S/C15H24N4O2/c1-12-5-6-13(11-16-15(21)18(2)9-10-20)14(17-12)19-7-3-4-8-19/h5-6,20H,3-4,7-11H2,1-2H3,(H,16,21). The first-order valence-corrected chi connectivity index (χ1v) is 7.43. The van der Waals surface area contributed by atoms with Crippen LogP contribution in [-0.4, -0.2) is 54.3 Å². The van der Waals surface area contributed by atoms with Gasteiger partial charge in [0.1, 0.15) is 5.82 Å². The van der Waals surface area contributed by atoms with E-state index in [2.05, 4.69) is 15.2 Å². The van der Waals surface area contributed by atoms with Gasteiger partial charge in [-0.1, -0.05) is 6.07 Å². The summed E-state index contributed by atoms with van der Waals surface area (Å²) in [6.45, 7) is 4.79. The van der Waals surface area contributed by atoms with E-state index in [4.69, 9.17) is 5.11 Å². The Morgan fingerprint density at radius 3 is 2.81 bits per heavy atom. The van der Waals surface area contributed by atoms with Gasteiger partial charge in [-0.15, -0.1) is 0 Å². The van der Waals surface area contributed by atoms with Gasteiger partial charge in [-0.2, -0.15) is 0 Å². The van der Waals surface area contributed by atoms with Gasteiger partial charge < -0.3 is 20.2 Å². The van der Waals surface area contributed by atoms with Crippen LogP contribution < -0.4 is 10.2 Å². The zero-order valence-electron chi connectivity index (χ0n) is 12.8. The number of anilines is 1. The highest BCUT2D eigenvalue weighted by Gasteiger charge is 2.18. The van der Waals surface area contributed by atoms with E-state index >= 15 is 0 Å². The molecule has 1 saturated heterocycles. The summed E-state index contributed by atoms with van der Waals surface area (Å²) in [6.07, 6.45) is 2.39. The molecule has 2 amide bonds. The number of aryl methyl sites for hydroxylation is 1. The predicted molar refractivity (Wildman–Crippen MR) is 82.4 cm³/mol. The number of nitrogens with zero attached hydrogens (tertiary/aromatic N) is 3. The van der Waals surface area contributed by atoms with Crippen molar-refractivity contribution in [1.82, 2.24) is 15.2 Å². The lowest BCUT2D eigenvalue weighted by atomic mass is 10.2. The maximum Gasteiger partial charge on any atom is 0.317 e. The van der Waals surface area contributed by atoms with Crippen molar-refractivity contribution >= 4 is 11.8 Å². The van der Waals surface area contributed by atoms with Gasteiger partial charge in [0.05, 0.1) is 6.61 Å². The second kappa shape index (κ2) is 7.26. The van der Waals surface area contributed by atoms with E-state index in [1.54, 1.807) is 7.05 Å². The zero-order valence-corrected chi connectivity index (χ0v) is 12.8. The Kier molecular flexibility index (Phi) is 5.38. The first kappa shape index (κ1) is 15.6. The third-order valence-electron chi connectivity index (χ3n) is 3.71. The number of urea groups is 1. The van der Waals surface area contributed by atoms with Gasteiger partial charge in [0.25, 0.3) is 0 Å². The number of aliphatic hydroxyl groups excluding tert-OH is 1. The molecule has 0 aliphatic carbocycles. The van der Waals surface area contributed by atoms with Gasteiger partial charge in [-0.25, -0.2) is 9.78 Å². The number of aromatic nitrogens is 1. The van der Waals surface area contributed by atoms with Crippen LogP contribution in [-0.2, 0) is 6.54 Å². The number of rotatable bonds is 5. The Morgan fingerprint density at radius 2 is 2.14 bits per heavy atom. The summed E-state index contributed by atoms with van der Waals surface area (Å²) in [6, 6.07) is 3.82. The van der Waals surface area contributed by atoms with Crippen molar-refractivity contribution in [2.75, 3.05) is 38.2 Å². The highest BCUT2D eigenvalue weighted by molar-refractivity contribution is 5.74. The Morgan fingerprint density at radius 1 is 1.43 bits per heavy atom. The van der Waals surface area contributed by atoms with E-state index < -0.39 is 0 Å². The van der Waals surface area contributed by atoms with Crippen LogP contribution in [0.5, 0.6) is 0 Å². The predicted octanol–water partition coefficient (Wildman–Crippen LogP) is 1.12. The SMILES string of the molecule is Cc1ccc(CNC(=O)N(C)CCO)c(N2CCCC2)n1. The number of pyridine rings is 1. The zero-order chi connectivity index (χ0) is 15.2. The number of likely N-dealkylation sites (N-methyl/N-ethyl adjacent to an activating group) is 1. The van der Waals surface area contributed by atoms with E-state index in [0.717, 1.165) is 30.2 Å². The lowest BCUT2D eigenvalue weighted by Gasteiger charge is -2.22. The normalized spacial score (nSPS) is 14.3. The Hall–Kier alpha value is -1.82. The van der Waals surface area contributed by atoms with Crippen LogP contribution in [0.15, 0.2) is 12.1 Å². The van der Waals surface area contributed by atoms with Gasteiger partial charge >= 0.3 is 6.03 Å². The molecule has 1 aromatic rings. The number of nitrogens with one attached hydrogen (secondary N) is 1. The minimum atomic E-state index is -0.183. The number of carbonyl (C=O) groups excluding carboxylic acids is 1. The maximum absolute atomic E-state index is 11.9. The molecule has 21 heavy (non-hydrogen) atoms. The molecule has 116 valence electrons. The van der Waals surface area contributed by atoms with Crippen molar-refractivity contribution < 1.29 is 9.90 Å². The van der Waals surface area contributed by atoms with Gasteiger partial charge in [0.15, 0.2) is 0 Å². The smallest absolute Gasteiger partial charge is 0.317 e. The molecule has 0 bridgehead atoms. The van der Waals surface area contributed by atoms with Crippen molar-refractivity contribution in [3.8, 4) is 0 Å². The van der Waals surface area contributed by atoms with Crippen molar-refractivity contribution in [2.45, 2.75) is 26.3 Å². The topological polar surface area (TPSA) is 68.7 Å². The molecular formula is C15H24N4O2. The first-order chi connectivity index (χ1) is 10.1. The van der Waals surface area contributed by atoms with Gasteiger partial charge in [0.2, 0.25) is 0 Å². The summed E-state index contributed by atoms with van der Waals surface area (Å²) in [4.78, 5) is 20.3. The van der Waals surface area contributed by atoms with E-state index in [1.807, 2.05) is 19.1 Å². The molecule has 6 nitrogen and oxygen atoms in total. The molecule has 0 unspecified atom stereocenters. The molecular weight excluding hydrogens is 268 g/mol. The van der Waals surface area contributed by atoms with E-state index in [-0.39, 0.29) is 12.6 Å². The van der Waals surface area contributed by atoms with Crippen molar-refractivity contribution in [2.24, 2.45) is 0 Å². The van der Waals surface area contributed by atoms with Crippen LogP contribution in [0.25, 0.3) is 0 Å². The highest BCUT2D eigenvalue weighted by Crippen LogP contribution is 2.22. The molecule has 2 rings (SSSR count). The van der Waals surface area contributed by atoms with Crippen LogP contribution in [0, 0.1) is 6.92 Å². The summed E-state index contributed by atoms with van der Waals surface area (Å²) >= 11 is 0. The summed E-state index contributed by atoms with van der Waals surface area (Å²) in [5.74, 6) is 0.984. The van der Waals surface area contributed by atoms with E-state index in [9.17, 15) is 4.79 Å². The van der Waals surface area contributed by atoms with E-state index in [1.165, 1.54) is 17.7 Å². The maximum atomic E-state index is 11.9. The highest BCUT2D eigenvalue weighted by atomic mass is 16.3. The summed E-state index contributed by atoms with van der Waals surface area (Å²) in [5.41, 5.74) is 2.03. The third-order valence-corrected chi connectivity index (χ3v) is 3.71. The van der Waals surface area contributed by atoms with Crippen molar-refractivity contribution in [1.29, 1.82) is 0 Å². The van der Waals surface area contributed by atoms with Crippen LogP contribution in [0.1, 0.15) is 24.1 Å². The van der Waals surface area contributed by atoms with Gasteiger partial charge in [0, 0.05) is 44.5 Å². The van der Waals surface area contributed by atoms with Crippen LogP contribution in [0.3, 0.4) is 0 Å². The lowest BCUT2D eigenvalue weighted by molar-refractivity contribution is 0.190. The van der Waals surface area contributed by atoms with Crippen molar-refractivity contribution in [3.05, 3.63) is 23.4 Å². The molecule has 1 fully saturated rings. The van der Waals surface area contributed by atoms with Crippen LogP contribution >= 0.6 is 0 Å². The summed E-state index contributed by atoms with van der Waals surface area (Å²) in [5, 5.41) is 11.7. The average molecular weight is 292 g/mol. The minimum Gasteiger partial charge on any atom is -0.395 e. The molecule has 0 spiro atoms. The summed E-state index contributed by atoms with van der Waals surface area (Å²) in [7, 11) is 1.67. The van der Waals surface area contributed by atoms with Crippen molar-refractivity contribution in [3.63, 3.8) is 0 Å². The quantitative estimate of drug-likeness (QED) is 0.853. The second-order valence-corrected chi connectivity index (χ2v) is 5.43. The number of amides is 2. The molecule has 1 aromatic heterocycles. The number of carbonyl (C=O) groups is 1. The number of hydrogen-bond donors (Lipinski definition) is 2. The molecule has 1 aliphatic rings. The fourth-order valence-electron chi connectivity index (χ4n) is 2.47. The van der Waals surface area contributed by atoms with Crippen LogP contribution in [0.4, 0.5) is 10.6 Å². The first-order valence-electron chi connectivity index (χ1n) is 7.43. The Balaban J connectivity index is 2.04. The Labute approximate surface area is 125 Å². The van der Waals surface area contributed by atoms with Gasteiger partial charge in [-0.3, -0.25) is 0 Å². The lowest BCUT2D eigenvalue weighted by Crippen LogP contribution is -2.38. The largest absolute Gasteiger partial charge is 0.395 e. The van der Waals surface area contributed by atoms with E-state index in [0.29, 0.717) is 13.1 Å². The average Bonchev–Trinajstić information content (AvgIpc) is 2.99. The second-order valence-electron chi connectivity index (χ2n) is 5.43. The number of hydrogen-bond acceptors (Lipinski definition) is 4. The Bertz CT molecular complexity index is 487. The fraction of sp³-hybridized carbons (Fsp3) is 0.600. The number of aliphatic hydroxyl groups is 1. The molecule has 0 radical (unpaired) electrons. The molecule has 2 heterocycles. The molecule has 0 atom stereocenters. The van der Waals surface area contributed by atoms with Gasteiger partial charge in [-0.05, 0) is 25.8 Å². The molecule has 0 saturated carbocycles. The fourth-order valence-corrected chi connectivity index (χ4v) is 2.47. The molecule has 2 N–H and O–H groups in total. The molecule has 0 aromatic carbocycles. The molecule has 6 heteroatoms. The third kappa shape index (κ3) is 4.07. The summed E-state index contributed by atoms with van der Waals surface area (Å²) < 4.78 is 0. The molecule has 1 aliphatic heterocycles.